The van der Waals surface area contributed by atoms with Crippen molar-refractivity contribution in [2.75, 3.05) is 13.7 Å². The number of methoxy groups -OCH3 is 1. The van der Waals surface area contributed by atoms with Crippen molar-refractivity contribution in [3.8, 4) is 5.75 Å². The predicted octanol–water partition coefficient (Wildman–Crippen LogP) is 2.97. The fourth-order valence-electron chi connectivity index (χ4n) is 2.13. The van der Waals surface area contributed by atoms with Gasteiger partial charge in [-0.2, -0.15) is 0 Å². The van der Waals surface area contributed by atoms with E-state index in [9.17, 15) is 9.50 Å². The number of benzene rings is 2. The van der Waals surface area contributed by atoms with E-state index in [1.165, 1.54) is 12.1 Å². The molecule has 21 heavy (non-hydrogen) atoms. The van der Waals surface area contributed by atoms with E-state index in [1.807, 2.05) is 25.1 Å². The van der Waals surface area contributed by atoms with Crippen LogP contribution in [-0.2, 0) is 6.54 Å². The molecule has 0 radical (unpaired) electrons. The number of hydrogen-bond acceptors (Lipinski definition) is 3. The van der Waals surface area contributed by atoms with Crippen LogP contribution in [0, 0.1) is 12.7 Å². The fraction of sp³-hybridized carbons (Fsp3) is 0.294. The Hall–Kier alpha value is -1.91. The van der Waals surface area contributed by atoms with Crippen molar-refractivity contribution in [1.29, 1.82) is 0 Å². The van der Waals surface area contributed by atoms with Crippen LogP contribution >= 0.6 is 0 Å². The SMILES string of the molecule is COc1cc(CNCC(O)c2ccc(F)cc2)ccc1C. The molecule has 0 fully saturated rings. The molecular formula is C17H20FNO2. The minimum absolute atomic E-state index is 0.300. The van der Waals surface area contributed by atoms with Crippen LogP contribution in [0.5, 0.6) is 5.75 Å². The summed E-state index contributed by atoms with van der Waals surface area (Å²) in [5, 5.41) is 13.2. The lowest BCUT2D eigenvalue weighted by molar-refractivity contribution is 0.174. The van der Waals surface area contributed by atoms with Gasteiger partial charge < -0.3 is 15.2 Å². The number of aryl methyl sites for hydroxylation is 1. The monoisotopic (exact) mass is 289 g/mol. The van der Waals surface area contributed by atoms with E-state index in [2.05, 4.69) is 5.32 Å². The van der Waals surface area contributed by atoms with Crippen molar-refractivity contribution in [2.45, 2.75) is 19.6 Å². The quantitative estimate of drug-likeness (QED) is 0.859. The maximum atomic E-state index is 12.8. The van der Waals surface area contributed by atoms with Gasteiger partial charge in [0.2, 0.25) is 0 Å². The zero-order chi connectivity index (χ0) is 15.2. The Bertz CT molecular complexity index is 584. The lowest BCUT2D eigenvalue weighted by atomic mass is 10.1. The molecule has 2 rings (SSSR count). The number of aliphatic hydroxyl groups excluding tert-OH is 1. The minimum Gasteiger partial charge on any atom is -0.496 e. The topological polar surface area (TPSA) is 41.5 Å². The third-order valence-electron chi connectivity index (χ3n) is 3.39. The lowest BCUT2D eigenvalue weighted by Crippen LogP contribution is -2.21. The molecule has 4 heteroatoms. The second-order valence-electron chi connectivity index (χ2n) is 5.00. The molecule has 0 saturated heterocycles. The van der Waals surface area contributed by atoms with Crippen molar-refractivity contribution in [2.24, 2.45) is 0 Å². The molecule has 1 atom stereocenters. The molecule has 0 saturated carbocycles. The van der Waals surface area contributed by atoms with E-state index in [0.717, 1.165) is 16.9 Å². The molecule has 3 nitrogen and oxygen atoms in total. The normalized spacial score (nSPS) is 12.2. The first kappa shape index (κ1) is 15.5. The molecule has 112 valence electrons. The highest BCUT2D eigenvalue weighted by molar-refractivity contribution is 5.36. The van der Waals surface area contributed by atoms with Crippen LogP contribution in [0.2, 0.25) is 0 Å². The molecule has 0 amide bonds. The average molecular weight is 289 g/mol. The molecule has 0 bridgehead atoms. The summed E-state index contributed by atoms with van der Waals surface area (Å²) in [5.74, 6) is 0.555. The van der Waals surface area contributed by atoms with Gasteiger partial charge in [-0.3, -0.25) is 0 Å². The van der Waals surface area contributed by atoms with Crippen LogP contribution in [0.25, 0.3) is 0 Å². The Morgan fingerprint density at radius 1 is 1.19 bits per heavy atom. The van der Waals surface area contributed by atoms with Crippen molar-refractivity contribution in [3.63, 3.8) is 0 Å². The molecule has 1 unspecified atom stereocenters. The highest BCUT2D eigenvalue weighted by Crippen LogP contribution is 2.19. The van der Waals surface area contributed by atoms with Crippen LogP contribution in [-0.4, -0.2) is 18.8 Å². The minimum atomic E-state index is -0.655. The summed E-state index contributed by atoms with van der Waals surface area (Å²) in [5.41, 5.74) is 2.88. The molecule has 0 aliphatic heterocycles. The zero-order valence-corrected chi connectivity index (χ0v) is 12.3. The van der Waals surface area contributed by atoms with Crippen LogP contribution in [0.1, 0.15) is 22.8 Å². The van der Waals surface area contributed by atoms with Gasteiger partial charge in [-0.1, -0.05) is 24.3 Å². The number of ether oxygens (including phenoxy) is 1. The zero-order valence-electron chi connectivity index (χ0n) is 12.3. The van der Waals surface area contributed by atoms with Gasteiger partial charge in [-0.05, 0) is 41.8 Å². The molecule has 0 aromatic heterocycles. The Morgan fingerprint density at radius 2 is 1.90 bits per heavy atom. The molecule has 2 N–H and O–H groups in total. The van der Waals surface area contributed by atoms with Gasteiger partial charge in [0.05, 0.1) is 13.2 Å². The first-order valence-electron chi connectivity index (χ1n) is 6.88. The fourth-order valence-corrected chi connectivity index (χ4v) is 2.13. The molecule has 0 spiro atoms. The van der Waals surface area contributed by atoms with Gasteiger partial charge in [0.1, 0.15) is 11.6 Å². The first-order chi connectivity index (χ1) is 10.1. The largest absolute Gasteiger partial charge is 0.496 e. The summed E-state index contributed by atoms with van der Waals surface area (Å²) in [6, 6.07) is 11.9. The standard InChI is InChI=1S/C17H20FNO2/c1-12-3-4-13(9-17(12)21-2)10-19-11-16(20)14-5-7-15(18)8-6-14/h3-9,16,19-20H,10-11H2,1-2H3. The molecule has 0 aliphatic carbocycles. The maximum Gasteiger partial charge on any atom is 0.123 e. The van der Waals surface area contributed by atoms with E-state index in [1.54, 1.807) is 19.2 Å². The maximum absolute atomic E-state index is 12.8. The molecular weight excluding hydrogens is 269 g/mol. The first-order valence-corrected chi connectivity index (χ1v) is 6.88. The number of nitrogens with one attached hydrogen (secondary N) is 1. The Morgan fingerprint density at radius 3 is 2.57 bits per heavy atom. The summed E-state index contributed by atoms with van der Waals surface area (Å²) in [6.07, 6.45) is -0.655. The molecule has 0 aliphatic rings. The number of rotatable bonds is 6. The summed E-state index contributed by atoms with van der Waals surface area (Å²) in [4.78, 5) is 0. The van der Waals surface area contributed by atoms with Crippen molar-refractivity contribution in [1.82, 2.24) is 5.32 Å². The van der Waals surface area contributed by atoms with Gasteiger partial charge in [-0.25, -0.2) is 4.39 Å². The second-order valence-corrected chi connectivity index (χ2v) is 5.00. The molecule has 2 aromatic carbocycles. The smallest absolute Gasteiger partial charge is 0.123 e. The van der Waals surface area contributed by atoms with E-state index >= 15 is 0 Å². The highest BCUT2D eigenvalue weighted by atomic mass is 19.1. The van der Waals surface area contributed by atoms with Gasteiger partial charge in [-0.15, -0.1) is 0 Å². The van der Waals surface area contributed by atoms with Gasteiger partial charge in [0, 0.05) is 13.1 Å². The predicted molar refractivity (Wildman–Crippen MR) is 80.8 cm³/mol. The molecule has 0 heterocycles. The number of hydrogen-bond donors (Lipinski definition) is 2. The third kappa shape index (κ3) is 4.28. The van der Waals surface area contributed by atoms with Crippen molar-refractivity contribution in [3.05, 3.63) is 65.0 Å². The van der Waals surface area contributed by atoms with Crippen LogP contribution in [0.4, 0.5) is 4.39 Å². The van der Waals surface area contributed by atoms with E-state index in [-0.39, 0.29) is 5.82 Å². The second kappa shape index (κ2) is 7.20. The van der Waals surface area contributed by atoms with Crippen LogP contribution in [0.15, 0.2) is 42.5 Å². The third-order valence-corrected chi connectivity index (χ3v) is 3.39. The Balaban J connectivity index is 1.87. The summed E-state index contributed by atoms with van der Waals surface area (Å²) >= 11 is 0. The van der Waals surface area contributed by atoms with Gasteiger partial charge in [0.25, 0.3) is 0 Å². The van der Waals surface area contributed by atoms with Crippen molar-refractivity contribution >= 4 is 0 Å². The summed E-state index contributed by atoms with van der Waals surface area (Å²) < 4.78 is 18.1. The van der Waals surface area contributed by atoms with Crippen LogP contribution < -0.4 is 10.1 Å². The van der Waals surface area contributed by atoms with Crippen LogP contribution in [0.3, 0.4) is 0 Å². The van der Waals surface area contributed by atoms with Gasteiger partial charge in [0.15, 0.2) is 0 Å². The Kier molecular flexibility index (Phi) is 5.31. The highest BCUT2D eigenvalue weighted by Gasteiger charge is 2.07. The Labute approximate surface area is 124 Å². The molecule has 2 aromatic rings. The van der Waals surface area contributed by atoms with Gasteiger partial charge >= 0.3 is 0 Å². The van der Waals surface area contributed by atoms with E-state index in [0.29, 0.717) is 18.7 Å². The summed E-state index contributed by atoms with van der Waals surface area (Å²) in [7, 11) is 1.65. The average Bonchev–Trinajstić information content (AvgIpc) is 2.49. The van der Waals surface area contributed by atoms with Crippen molar-refractivity contribution < 1.29 is 14.2 Å². The lowest BCUT2D eigenvalue weighted by Gasteiger charge is -2.13. The van der Waals surface area contributed by atoms with E-state index in [4.69, 9.17) is 4.74 Å². The summed E-state index contributed by atoms with van der Waals surface area (Å²) in [6.45, 7) is 3.03. The van der Waals surface area contributed by atoms with E-state index < -0.39 is 6.10 Å². The number of halogens is 1. The number of aliphatic hydroxyl groups is 1.